The number of aromatic nitrogens is 2. The molecule has 0 saturated carbocycles. The number of morpholine rings is 1. The van der Waals surface area contributed by atoms with Crippen LogP contribution in [0.3, 0.4) is 0 Å². The number of hydrogen-bond acceptors (Lipinski definition) is 5. The van der Waals surface area contributed by atoms with Crippen LogP contribution < -0.4 is 0 Å². The summed E-state index contributed by atoms with van der Waals surface area (Å²) in [6, 6.07) is 3.45. The molecule has 6 nitrogen and oxygen atoms in total. The Morgan fingerprint density at radius 1 is 1.46 bits per heavy atom. The lowest BCUT2D eigenvalue weighted by atomic mass is 10.1. The number of thiophene rings is 1. The SMILES string of the molecule is CCc1nn(C)cc1C(=O)N1CCOC[C@@H]1CC(=O)c1cccs1. The van der Waals surface area contributed by atoms with E-state index in [1.165, 1.54) is 11.3 Å². The van der Waals surface area contributed by atoms with Crippen LogP contribution in [0.2, 0.25) is 0 Å². The standard InChI is InChI=1S/C17H21N3O3S/c1-3-14-13(10-19(2)18-14)17(22)20-6-7-23-11-12(20)9-15(21)16-5-4-8-24-16/h4-5,8,10,12H,3,6-7,9,11H2,1-2H3/t12-/m0/s1. The van der Waals surface area contributed by atoms with Gasteiger partial charge < -0.3 is 9.64 Å². The van der Waals surface area contributed by atoms with E-state index in [-0.39, 0.29) is 24.2 Å². The maximum absolute atomic E-state index is 13.0. The smallest absolute Gasteiger partial charge is 0.257 e. The van der Waals surface area contributed by atoms with E-state index in [9.17, 15) is 9.59 Å². The number of carbonyl (C=O) groups is 2. The summed E-state index contributed by atoms with van der Waals surface area (Å²) >= 11 is 1.43. The van der Waals surface area contributed by atoms with Crippen molar-refractivity contribution < 1.29 is 14.3 Å². The Hall–Kier alpha value is -1.99. The summed E-state index contributed by atoms with van der Waals surface area (Å²) < 4.78 is 7.18. The molecule has 0 aromatic carbocycles. The Balaban J connectivity index is 1.78. The highest BCUT2D eigenvalue weighted by atomic mass is 32.1. The molecule has 1 saturated heterocycles. The van der Waals surface area contributed by atoms with Gasteiger partial charge in [0.1, 0.15) is 0 Å². The number of amides is 1. The van der Waals surface area contributed by atoms with Gasteiger partial charge in [-0.05, 0) is 17.9 Å². The van der Waals surface area contributed by atoms with E-state index in [0.717, 1.165) is 10.6 Å². The normalized spacial score (nSPS) is 17.9. The highest BCUT2D eigenvalue weighted by molar-refractivity contribution is 7.12. The summed E-state index contributed by atoms with van der Waals surface area (Å²) in [5.41, 5.74) is 1.41. The van der Waals surface area contributed by atoms with E-state index in [4.69, 9.17) is 4.74 Å². The Kier molecular flexibility index (Phi) is 5.11. The monoisotopic (exact) mass is 347 g/mol. The van der Waals surface area contributed by atoms with Gasteiger partial charge in [-0.3, -0.25) is 14.3 Å². The number of ether oxygens (including phenoxy) is 1. The second-order valence-electron chi connectivity index (χ2n) is 5.85. The fraction of sp³-hybridized carbons (Fsp3) is 0.471. The second kappa shape index (κ2) is 7.27. The van der Waals surface area contributed by atoms with Gasteiger partial charge in [-0.15, -0.1) is 11.3 Å². The Morgan fingerprint density at radius 3 is 3.00 bits per heavy atom. The maximum Gasteiger partial charge on any atom is 0.257 e. The molecule has 0 spiro atoms. The van der Waals surface area contributed by atoms with Crippen LogP contribution >= 0.6 is 11.3 Å². The van der Waals surface area contributed by atoms with Gasteiger partial charge >= 0.3 is 0 Å². The largest absolute Gasteiger partial charge is 0.377 e. The molecule has 1 amide bonds. The molecule has 0 bridgehead atoms. The van der Waals surface area contributed by atoms with E-state index in [0.29, 0.717) is 31.7 Å². The van der Waals surface area contributed by atoms with E-state index in [1.54, 1.807) is 15.8 Å². The molecule has 24 heavy (non-hydrogen) atoms. The van der Waals surface area contributed by atoms with Gasteiger partial charge in [-0.25, -0.2) is 0 Å². The lowest BCUT2D eigenvalue weighted by Gasteiger charge is -2.35. The van der Waals surface area contributed by atoms with Crippen LogP contribution in [-0.4, -0.2) is 52.2 Å². The fourth-order valence-electron chi connectivity index (χ4n) is 2.97. The van der Waals surface area contributed by atoms with Crippen LogP contribution in [0.5, 0.6) is 0 Å². The first-order valence-corrected chi connectivity index (χ1v) is 8.96. The molecule has 0 aliphatic carbocycles. The molecule has 0 unspecified atom stereocenters. The van der Waals surface area contributed by atoms with Crippen LogP contribution in [0.15, 0.2) is 23.7 Å². The zero-order valence-corrected chi connectivity index (χ0v) is 14.7. The van der Waals surface area contributed by atoms with Gasteiger partial charge in [0.25, 0.3) is 5.91 Å². The minimum absolute atomic E-state index is 0.0557. The average molecular weight is 347 g/mol. The van der Waals surface area contributed by atoms with Crippen LogP contribution in [0, 0.1) is 0 Å². The minimum Gasteiger partial charge on any atom is -0.377 e. The predicted octanol–water partition coefficient (Wildman–Crippen LogP) is 2.16. The molecule has 2 aromatic heterocycles. The number of aryl methyl sites for hydroxylation is 2. The molecule has 1 atom stereocenters. The molecule has 1 aliphatic heterocycles. The summed E-state index contributed by atoms with van der Waals surface area (Å²) in [6.45, 7) is 3.37. The highest BCUT2D eigenvalue weighted by Gasteiger charge is 2.31. The molecule has 3 rings (SSSR count). The quantitative estimate of drug-likeness (QED) is 0.778. The van der Waals surface area contributed by atoms with E-state index < -0.39 is 0 Å². The second-order valence-corrected chi connectivity index (χ2v) is 6.80. The minimum atomic E-state index is -0.231. The number of ketones is 1. The highest BCUT2D eigenvalue weighted by Crippen LogP contribution is 2.20. The first-order valence-electron chi connectivity index (χ1n) is 8.08. The molecular formula is C17H21N3O3S. The topological polar surface area (TPSA) is 64.4 Å². The Labute approximate surface area is 145 Å². The molecule has 7 heteroatoms. The lowest BCUT2D eigenvalue weighted by molar-refractivity contribution is -0.00282. The maximum atomic E-state index is 13.0. The molecule has 1 aliphatic rings. The average Bonchev–Trinajstić information content (AvgIpc) is 3.24. The number of rotatable bonds is 5. The number of hydrogen-bond donors (Lipinski definition) is 0. The zero-order chi connectivity index (χ0) is 17.1. The third-order valence-corrected chi connectivity index (χ3v) is 5.09. The van der Waals surface area contributed by atoms with Gasteiger partial charge in [0, 0.05) is 26.2 Å². The first kappa shape index (κ1) is 16.9. The number of nitrogens with zero attached hydrogens (tertiary/aromatic N) is 3. The van der Waals surface area contributed by atoms with Crippen molar-refractivity contribution in [3.8, 4) is 0 Å². The molecular weight excluding hydrogens is 326 g/mol. The molecule has 128 valence electrons. The van der Waals surface area contributed by atoms with E-state index >= 15 is 0 Å². The molecule has 3 heterocycles. The third kappa shape index (κ3) is 3.42. The summed E-state index contributed by atoms with van der Waals surface area (Å²) in [4.78, 5) is 27.9. The third-order valence-electron chi connectivity index (χ3n) is 4.18. The van der Waals surface area contributed by atoms with Gasteiger partial charge in [-0.2, -0.15) is 5.10 Å². The molecule has 0 radical (unpaired) electrons. The summed E-state index contributed by atoms with van der Waals surface area (Å²) in [6.07, 6.45) is 2.74. The summed E-state index contributed by atoms with van der Waals surface area (Å²) in [7, 11) is 1.81. The van der Waals surface area contributed by atoms with Crippen LogP contribution in [0.25, 0.3) is 0 Å². The van der Waals surface area contributed by atoms with Crippen molar-refractivity contribution in [3.63, 3.8) is 0 Å². The summed E-state index contributed by atoms with van der Waals surface area (Å²) in [5.74, 6) is -0.00701. The zero-order valence-electron chi connectivity index (χ0n) is 13.9. The Morgan fingerprint density at radius 2 is 2.29 bits per heavy atom. The molecule has 1 fully saturated rings. The summed E-state index contributed by atoms with van der Waals surface area (Å²) in [5, 5.41) is 6.23. The number of carbonyl (C=O) groups excluding carboxylic acids is 2. The predicted molar refractivity (Wildman–Crippen MR) is 91.5 cm³/mol. The lowest BCUT2D eigenvalue weighted by Crippen LogP contribution is -2.49. The van der Waals surface area contributed by atoms with Crippen molar-refractivity contribution in [2.24, 2.45) is 7.05 Å². The van der Waals surface area contributed by atoms with Crippen LogP contribution in [0.4, 0.5) is 0 Å². The van der Waals surface area contributed by atoms with Crippen molar-refractivity contribution in [1.82, 2.24) is 14.7 Å². The number of Topliss-reactive ketones (excluding diaryl/α,β-unsaturated/α-hetero) is 1. The van der Waals surface area contributed by atoms with Crippen LogP contribution in [-0.2, 0) is 18.2 Å². The van der Waals surface area contributed by atoms with E-state index in [1.807, 2.05) is 31.5 Å². The van der Waals surface area contributed by atoms with Gasteiger partial charge in [0.05, 0.1) is 35.4 Å². The van der Waals surface area contributed by atoms with Crippen molar-refractivity contribution in [2.45, 2.75) is 25.8 Å². The molecule has 0 N–H and O–H groups in total. The van der Waals surface area contributed by atoms with Crippen molar-refractivity contribution in [2.75, 3.05) is 19.8 Å². The van der Waals surface area contributed by atoms with E-state index in [2.05, 4.69) is 5.10 Å². The molecule has 2 aromatic rings. The van der Waals surface area contributed by atoms with Crippen molar-refractivity contribution in [3.05, 3.63) is 39.8 Å². The van der Waals surface area contributed by atoms with Crippen molar-refractivity contribution >= 4 is 23.0 Å². The first-order chi connectivity index (χ1) is 11.6. The van der Waals surface area contributed by atoms with Gasteiger partial charge in [-0.1, -0.05) is 13.0 Å². The van der Waals surface area contributed by atoms with Crippen LogP contribution in [0.1, 0.15) is 39.1 Å². The van der Waals surface area contributed by atoms with Gasteiger partial charge in [0.2, 0.25) is 0 Å². The Bertz CT molecular complexity index is 724. The van der Waals surface area contributed by atoms with Crippen molar-refractivity contribution in [1.29, 1.82) is 0 Å². The van der Waals surface area contributed by atoms with Gasteiger partial charge in [0.15, 0.2) is 5.78 Å². The fourth-order valence-corrected chi connectivity index (χ4v) is 3.65.